The Bertz CT molecular complexity index is 1010. The molecule has 3 aliphatic rings. The molecule has 8 nitrogen and oxygen atoms in total. The Morgan fingerprint density at radius 3 is 2.56 bits per heavy atom. The third kappa shape index (κ3) is 4.74. The number of morpholine rings is 1. The lowest BCUT2D eigenvalue weighted by Crippen LogP contribution is -2.59. The van der Waals surface area contributed by atoms with Gasteiger partial charge in [-0.1, -0.05) is 37.5 Å². The van der Waals surface area contributed by atoms with Gasteiger partial charge in [0.2, 0.25) is 0 Å². The van der Waals surface area contributed by atoms with Crippen molar-refractivity contribution in [3.8, 4) is 5.69 Å². The first-order valence-corrected chi connectivity index (χ1v) is 12.6. The summed E-state index contributed by atoms with van der Waals surface area (Å²) in [6, 6.07) is 9.82. The molecular weight excluding hydrogens is 432 g/mol. The Morgan fingerprint density at radius 1 is 1.03 bits per heavy atom. The van der Waals surface area contributed by atoms with Crippen LogP contribution in [0.15, 0.2) is 30.3 Å². The second-order valence-electron chi connectivity index (χ2n) is 9.61. The van der Waals surface area contributed by atoms with Crippen LogP contribution in [0, 0.1) is 0 Å². The van der Waals surface area contributed by atoms with Crippen LogP contribution in [0.1, 0.15) is 60.3 Å². The minimum atomic E-state index is -0.524. The van der Waals surface area contributed by atoms with Gasteiger partial charge in [0.25, 0.3) is 5.91 Å². The van der Waals surface area contributed by atoms with E-state index in [1.807, 2.05) is 35.0 Å². The number of ether oxygens (including phenoxy) is 2. The van der Waals surface area contributed by atoms with E-state index in [0.717, 1.165) is 75.4 Å². The molecular formula is C26H34N4O4. The molecule has 1 N–H and O–H groups in total. The fraction of sp³-hybridized carbons (Fsp3) is 0.577. The minimum Gasteiger partial charge on any atom is -0.451 e. The number of aromatic nitrogens is 2. The number of carbonyl (C=O) groups excluding carboxylic acids is 2. The van der Waals surface area contributed by atoms with Crippen molar-refractivity contribution in [2.45, 2.75) is 56.9 Å². The van der Waals surface area contributed by atoms with E-state index >= 15 is 0 Å². The van der Waals surface area contributed by atoms with E-state index in [9.17, 15) is 9.59 Å². The van der Waals surface area contributed by atoms with Crippen molar-refractivity contribution in [1.82, 2.24) is 20.0 Å². The third-order valence-electron chi connectivity index (χ3n) is 7.54. The Kier molecular flexibility index (Phi) is 6.97. The van der Waals surface area contributed by atoms with Crippen LogP contribution < -0.4 is 5.32 Å². The summed E-state index contributed by atoms with van der Waals surface area (Å²) in [6.07, 6.45) is 8.44. The monoisotopic (exact) mass is 466 g/mol. The molecule has 2 heterocycles. The van der Waals surface area contributed by atoms with E-state index in [2.05, 4.69) is 15.3 Å². The average molecular weight is 467 g/mol. The fourth-order valence-corrected chi connectivity index (χ4v) is 5.75. The van der Waals surface area contributed by atoms with Crippen molar-refractivity contribution >= 4 is 11.9 Å². The quantitative estimate of drug-likeness (QED) is 0.632. The average Bonchev–Trinajstić information content (AvgIpc) is 3.51. The van der Waals surface area contributed by atoms with Gasteiger partial charge >= 0.3 is 5.97 Å². The van der Waals surface area contributed by atoms with E-state index in [-0.39, 0.29) is 18.1 Å². The van der Waals surface area contributed by atoms with Gasteiger partial charge in [-0.05, 0) is 44.2 Å². The van der Waals surface area contributed by atoms with Crippen LogP contribution in [0.4, 0.5) is 0 Å². The number of amides is 1. The summed E-state index contributed by atoms with van der Waals surface area (Å²) < 4.78 is 12.8. The highest BCUT2D eigenvalue weighted by atomic mass is 16.5. The summed E-state index contributed by atoms with van der Waals surface area (Å²) in [5.41, 5.74) is 3.26. The number of fused-ring (bicyclic) bond motifs is 1. The van der Waals surface area contributed by atoms with Gasteiger partial charge in [-0.15, -0.1) is 0 Å². The Balaban J connectivity index is 1.20. The van der Waals surface area contributed by atoms with Crippen molar-refractivity contribution in [3.63, 3.8) is 0 Å². The van der Waals surface area contributed by atoms with Crippen LogP contribution in [0.5, 0.6) is 0 Å². The lowest BCUT2D eigenvalue weighted by molar-refractivity contribution is -0.125. The van der Waals surface area contributed by atoms with Gasteiger partial charge in [0.15, 0.2) is 12.3 Å². The molecule has 1 saturated carbocycles. The Hall–Kier alpha value is -2.71. The fourth-order valence-electron chi connectivity index (χ4n) is 5.75. The molecule has 0 bridgehead atoms. The van der Waals surface area contributed by atoms with E-state index in [1.165, 1.54) is 19.3 Å². The lowest BCUT2D eigenvalue weighted by atomic mass is 9.79. The summed E-state index contributed by atoms with van der Waals surface area (Å²) in [6.45, 7) is 3.59. The Labute approximate surface area is 200 Å². The molecule has 0 radical (unpaired) electrons. The summed E-state index contributed by atoms with van der Waals surface area (Å²) in [7, 11) is 0. The molecule has 34 heavy (non-hydrogen) atoms. The highest BCUT2D eigenvalue weighted by molar-refractivity contribution is 5.91. The maximum absolute atomic E-state index is 12.9. The minimum absolute atomic E-state index is 0.0169. The zero-order chi connectivity index (χ0) is 23.4. The Morgan fingerprint density at radius 2 is 1.79 bits per heavy atom. The lowest BCUT2D eigenvalue weighted by Gasteiger charge is -2.48. The number of nitrogens with one attached hydrogen (secondary N) is 1. The molecule has 1 aliphatic heterocycles. The van der Waals surface area contributed by atoms with Gasteiger partial charge in [0.1, 0.15) is 0 Å². The van der Waals surface area contributed by atoms with Crippen LogP contribution in [0.25, 0.3) is 5.69 Å². The molecule has 1 saturated heterocycles. The number of hydrogen-bond acceptors (Lipinski definition) is 6. The van der Waals surface area contributed by atoms with E-state index in [0.29, 0.717) is 12.2 Å². The van der Waals surface area contributed by atoms with Gasteiger partial charge in [-0.3, -0.25) is 9.69 Å². The van der Waals surface area contributed by atoms with Gasteiger partial charge in [-0.2, -0.15) is 5.10 Å². The summed E-state index contributed by atoms with van der Waals surface area (Å²) in [5.74, 6) is -0.783. The summed E-state index contributed by atoms with van der Waals surface area (Å²) in [5, 5.41) is 7.62. The predicted molar refractivity (Wildman–Crippen MR) is 127 cm³/mol. The summed E-state index contributed by atoms with van der Waals surface area (Å²) in [4.78, 5) is 28.0. The first-order valence-electron chi connectivity index (χ1n) is 12.6. The van der Waals surface area contributed by atoms with Gasteiger partial charge in [0.05, 0.1) is 18.9 Å². The van der Waals surface area contributed by atoms with Crippen molar-refractivity contribution < 1.29 is 19.1 Å². The zero-order valence-corrected chi connectivity index (χ0v) is 19.8. The second kappa shape index (κ2) is 10.3. The van der Waals surface area contributed by atoms with Crippen molar-refractivity contribution in [1.29, 1.82) is 0 Å². The molecule has 5 rings (SSSR count). The molecule has 1 aromatic carbocycles. The molecule has 2 aliphatic carbocycles. The normalized spacial score (nSPS) is 20.0. The molecule has 8 heteroatoms. The van der Waals surface area contributed by atoms with Crippen LogP contribution >= 0.6 is 0 Å². The van der Waals surface area contributed by atoms with E-state index in [4.69, 9.17) is 9.47 Å². The second-order valence-corrected chi connectivity index (χ2v) is 9.61. The number of benzene rings is 1. The summed E-state index contributed by atoms with van der Waals surface area (Å²) >= 11 is 0. The first-order chi connectivity index (χ1) is 16.7. The van der Waals surface area contributed by atoms with Crippen molar-refractivity contribution in [2.75, 3.05) is 39.5 Å². The van der Waals surface area contributed by atoms with Gasteiger partial charge in [0, 0.05) is 36.4 Å². The van der Waals surface area contributed by atoms with Crippen LogP contribution in [-0.2, 0) is 27.1 Å². The molecule has 182 valence electrons. The number of esters is 1. The van der Waals surface area contributed by atoms with Crippen LogP contribution in [0.3, 0.4) is 0 Å². The zero-order valence-electron chi connectivity index (χ0n) is 19.8. The molecule has 0 unspecified atom stereocenters. The number of carbonyl (C=O) groups is 2. The first kappa shape index (κ1) is 23.1. The maximum Gasteiger partial charge on any atom is 0.359 e. The topological polar surface area (TPSA) is 85.7 Å². The highest BCUT2D eigenvalue weighted by Gasteiger charge is 2.39. The highest BCUT2D eigenvalue weighted by Crippen LogP contribution is 2.34. The standard InChI is InChI=1S/C26H34N4O4/c31-23(27-19-26(12-5-2-6-13-26)29-14-16-33-17-15-29)18-34-25(32)24-21-10-7-11-22(21)30(28-24)20-8-3-1-4-9-20/h1,3-4,8-9H,2,5-7,10-19H2,(H,27,31). The largest absolute Gasteiger partial charge is 0.451 e. The SMILES string of the molecule is O=C(COC(=O)c1nn(-c2ccccc2)c2c1CCC2)NCC1(N2CCOCC2)CCCCC1. The molecule has 0 spiro atoms. The maximum atomic E-state index is 12.9. The molecule has 2 aromatic rings. The van der Waals surface area contributed by atoms with Crippen LogP contribution in [0.2, 0.25) is 0 Å². The number of para-hydroxylation sites is 1. The smallest absolute Gasteiger partial charge is 0.359 e. The number of nitrogens with zero attached hydrogens (tertiary/aromatic N) is 3. The van der Waals surface area contributed by atoms with Gasteiger partial charge < -0.3 is 14.8 Å². The van der Waals surface area contributed by atoms with Crippen molar-refractivity contribution in [2.24, 2.45) is 0 Å². The predicted octanol–water partition coefficient (Wildman–Crippen LogP) is 2.67. The van der Waals surface area contributed by atoms with Gasteiger partial charge in [-0.25, -0.2) is 9.48 Å². The molecule has 1 amide bonds. The molecule has 1 aromatic heterocycles. The van der Waals surface area contributed by atoms with E-state index in [1.54, 1.807) is 0 Å². The van der Waals surface area contributed by atoms with Crippen LogP contribution in [-0.4, -0.2) is 71.6 Å². The number of hydrogen-bond donors (Lipinski definition) is 1. The van der Waals surface area contributed by atoms with Crippen molar-refractivity contribution in [3.05, 3.63) is 47.3 Å². The molecule has 2 fully saturated rings. The molecule has 0 atom stereocenters. The third-order valence-corrected chi connectivity index (χ3v) is 7.54. The number of rotatable bonds is 7. The van der Waals surface area contributed by atoms with E-state index < -0.39 is 5.97 Å².